The molecule has 2 aromatic heterocycles. The van der Waals surface area contributed by atoms with Gasteiger partial charge in [-0.05, 0) is 32.9 Å². The molecule has 0 spiro atoms. The summed E-state index contributed by atoms with van der Waals surface area (Å²) in [6, 6.07) is 6.42. The monoisotopic (exact) mass is 392 g/mol. The third kappa shape index (κ3) is 3.91. The molecule has 7 nitrogen and oxygen atoms in total. The summed E-state index contributed by atoms with van der Waals surface area (Å²) in [7, 11) is 0. The number of halogens is 1. The molecule has 0 aliphatic rings. The number of carbonyl (C=O) groups excluding carboxylic acids is 1. The van der Waals surface area contributed by atoms with E-state index in [-0.39, 0.29) is 11.7 Å². The van der Waals surface area contributed by atoms with Gasteiger partial charge in [-0.1, -0.05) is 35.2 Å². The van der Waals surface area contributed by atoms with Crippen molar-refractivity contribution < 1.29 is 9.18 Å². The quantitative estimate of drug-likeness (QED) is 0.647. The second-order valence-electron chi connectivity index (χ2n) is 5.41. The molecule has 0 saturated heterocycles. The van der Waals surface area contributed by atoms with Gasteiger partial charge in [-0.2, -0.15) is 0 Å². The van der Waals surface area contributed by atoms with Gasteiger partial charge in [0.2, 0.25) is 11.0 Å². The van der Waals surface area contributed by atoms with Crippen LogP contribution < -0.4 is 5.32 Å². The summed E-state index contributed by atoms with van der Waals surface area (Å²) >= 11 is 2.57. The van der Waals surface area contributed by atoms with Crippen LogP contribution in [0.25, 0.3) is 11.4 Å². The first-order chi connectivity index (χ1) is 12.5. The molecule has 26 heavy (non-hydrogen) atoms. The minimum absolute atomic E-state index is 0.204. The van der Waals surface area contributed by atoms with Gasteiger partial charge in [-0.15, -0.1) is 20.4 Å². The van der Waals surface area contributed by atoms with E-state index < -0.39 is 5.25 Å². The zero-order chi connectivity index (χ0) is 18.7. The van der Waals surface area contributed by atoms with Crippen LogP contribution in [0.4, 0.5) is 9.52 Å². The Labute approximate surface area is 158 Å². The Morgan fingerprint density at radius 1 is 1.31 bits per heavy atom. The van der Waals surface area contributed by atoms with Gasteiger partial charge < -0.3 is 4.57 Å². The Morgan fingerprint density at radius 2 is 2.08 bits per heavy atom. The first kappa shape index (κ1) is 18.5. The number of nitrogens with zero attached hydrogens (tertiary/aromatic N) is 5. The molecule has 1 unspecified atom stereocenters. The molecule has 1 aromatic carbocycles. The Bertz CT molecular complexity index is 925. The highest BCUT2D eigenvalue weighted by Crippen LogP contribution is 2.28. The molecule has 0 saturated carbocycles. The fourth-order valence-electron chi connectivity index (χ4n) is 2.27. The van der Waals surface area contributed by atoms with Crippen molar-refractivity contribution in [1.82, 2.24) is 25.0 Å². The molecular weight excluding hydrogens is 375 g/mol. The van der Waals surface area contributed by atoms with Gasteiger partial charge in [0.15, 0.2) is 11.0 Å². The fraction of sp³-hybridized carbons (Fsp3) is 0.312. The maximum atomic E-state index is 14.1. The summed E-state index contributed by atoms with van der Waals surface area (Å²) in [5.74, 6) is -0.117. The first-order valence-electron chi connectivity index (χ1n) is 7.95. The highest BCUT2D eigenvalue weighted by Gasteiger charge is 2.22. The van der Waals surface area contributed by atoms with Gasteiger partial charge in [-0.3, -0.25) is 10.1 Å². The molecule has 0 aliphatic heterocycles. The van der Waals surface area contributed by atoms with Crippen LogP contribution in [-0.2, 0) is 11.3 Å². The summed E-state index contributed by atoms with van der Waals surface area (Å²) in [4.78, 5) is 12.3. The second-order valence-corrected chi connectivity index (χ2v) is 7.90. The zero-order valence-corrected chi connectivity index (χ0v) is 16.1. The van der Waals surface area contributed by atoms with Crippen molar-refractivity contribution >= 4 is 34.1 Å². The fourth-order valence-corrected chi connectivity index (χ4v) is 3.78. The lowest BCUT2D eigenvalue weighted by atomic mass is 10.2. The number of hydrogen-bond acceptors (Lipinski definition) is 7. The van der Waals surface area contributed by atoms with Crippen molar-refractivity contribution in [3.63, 3.8) is 0 Å². The second kappa shape index (κ2) is 7.92. The summed E-state index contributed by atoms with van der Waals surface area (Å²) in [5, 5.41) is 20.1. The van der Waals surface area contributed by atoms with Crippen molar-refractivity contribution in [2.75, 3.05) is 5.32 Å². The molecule has 0 bridgehead atoms. The molecule has 3 aromatic rings. The first-order valence-corrected chi connectivity index (χ1v) is 9.65. The van der Waals surface area contributed by atoms with Crippen LogP contribution in [0.15, 0.2) is 29.4 Å². The van der Waals surface area contributed by atoms with E-state index >= 15 is 0 Å². The Kier molecular flexibility index (Phi) is 5.62. The van der Waals surface area contributed by atoms with Gasteiger partial charge in [0.25, 0.3) is 0 Å². The van der Waals surface area contributed by atoms with Gasteiger partial charge in [-0.25, -0.2) is 4.39 Å². The molecule has 2 heterocycles. The molecule has 136 valence electrons. The third-order valence-electron chi connectivity index (χ3n) is 3.56. The van der Waals surface area contributed by atoms with Crippen LogP contribution in [0.2, 0.25) is 0 Å². The number of nitrogens with one attached hydrogen (secondary N) is 1. The Hall–Kier alpha value is -2.33. The highest BCUT2D eigenvalue weighted by molar-refractivity contribution is 8.00. The van der Waals surface area contributed by atoms with E-state index in [1.54, 1.807) is 29.7 Å². The van der Waals surface area contributed by atoms with E-state index in [2.05, 4.69) is 25.7 Å². The Morgan fingerprint density at radius 3 is 2.73 bits per heavy atom. The number of anilines is 1. The number of rotatable bonds is 6. The lowest BCUT2D eigenvalue weighted by Gasteiger charge is -2.11. The number of amides is 1. The van der Waals surface area contributed by atoms with Gasteiger partial charge in [0, 0.05) is 6.54 Å². The van der Waals surface area contributed by atoms with Crippen LogP contribution in [0.5, 0.6) is 0 Å². The van der Waals surface area contributed by atoms with Gasteiger partial charge in [0.1, 0.15) is 10.8 Å². The average molecular weight is 392 g/mol. The van der Waals surface area contributed by atoms with Crippen LogP contribution >= 0.6 is 23.1 Å². The molecule has 0 fully saturated rings. The molecule has 1 atom stereocenters. The van der Waals surface area contributed by atoms with E-state index in [4.69, 9.17) is 0 Å². The van der Waals surface area contributed by atoms with E-state index in [9.17, 15) is 9.18 Å². The zero-order valence-electron chi connectivity index (χ0n) is 14.4. The summed E-state index contributed by atoms with van der Waals surface area (Å²) in [6.45, 7) is 6.07. The number of carbonyl (C=O) groups is 1. The highest BCUT2D eigenvalue weighted by atomic mass is 32.2. The number of aromatic nitrogens is 5. The lowest BCUT2D eigenvalue weighted by Crippen LogP contribution is -2.22. The largest absolute Gasteiger partial charge is 0.302 e. The van der Waals surface area contributed by atoms with E-state index in [0.29, 0.717) is 28.2 Å². The SMILES string of the molecule is CCn1c(SC(C)C(=O)Nc2nnc(C)s2)nnc1-c1ccccc1F. The maximum absolute atomic E-state index is 14.1. The molecule has 10 heteroatoms. The third-order valence-corrected chi connectivity index (χ3v) is 5.39. The maximum Gasteiger partial charge on any atom is 0.239 e. The van der Waals surface area contributed by atoms with E-state index in [1.807, 2.05) is 13.8 Å². The summed E-state index contributed by atoms with van der Waals surface area (Å²) < 4.78 is 15.9. The van der Waals surface area contributed by atoms with E-state index in [0.717, 1.165) is 5.01 Å². The van der Waals surface area contributed by atoms with Crippen molar-refractivity contribution in [2.24, 2.45) is 0 Å². The number of hydrogen-bond donors (Lipinski definition) is 1. The van der Waals surface area contributed by atoms with E-state index in [1.165, 1.54) is 29.2 Å². The number of benzene rings is 1. The Balaban J connectivity index is 1.77. The predicted octanol–water partition coefficient (Wildman–Crippen LogP) is 3.38. The van der Waals surface area contributed by atoms with Crippen molar-refractivity contribution in [3.05, 3.63) is 35.1 Å². The average Bonchev–Trinajstić information content (AvgIpc) is 3.21. The van der Waals surface area contributed by atoms with Gasteiger partial charge >= 0.3 is 0 Å². The van der Waals surface area contributed by atoms with Crippen LogP contribution in [0, 0.1) is 12.7 Å². The minimum Gasteiger partial charge on any atom is -0.302 e. The van der Waals surface area contributed by atoms with Crippen molar-refractivity contribution in [3.8, 4) is 11.4 Å². The topological polar surface area (TPSA) is 85.6 Å². The number of thioether (sulfide) groups is 1. The molecule has 3 rings (SSSR count). The van der Waals surface area contributed by atoms with Crippen molar-refractivity contribution in [1.29, 1.82) is 0 Å². The summed E-state index contributed by atoms with van der Waals surface area (Å²) in [6.07, 6.45) is 0. The normalized spacial score (nSPS) is 12.2. The molecule has 0 radical (unpaired) electrons. The van der Waals surface area contributed by atoms with Crippen LogP contribution in [0.1, 0.15) is 18.9 Å². The smallest absolute Gasteiger partial charge is 0.239 e. The van der Waals surface area contributed by atoms with Crippen molar-refractivity contribution in [2.45, 2.75) is 37.7 Å². The predicted molar refractivity (Wildman–Crippen MR) is 99.7 cm³/mol. The molecule has 0 aliphatic carbocycles. The molecular formula is C16H17FN6OS2. The van der Waals surface area contributed by atoms with Gasteiger partial charge in [0.05, 0.1) is 10.8 Å². The van der Waals surface area contributed by atoms with Crippen LogP contribution in [-0.4, -0.2) is 36.1 Å². The lowest BCUT2D eigenvalue weighted by molar-refractivity contribution is -0.115. The number of aryl methyl sites for hydroxylation is 1. The molecule has 1 amide bonds. The molecule has 1 N–H and O–H groups in total. The summed E-state index contributed by atoms with van der Waals surface area (Å²) in [5.41, 5.74) is 0.384. The minimum atomic E-state index is -0.429. The standard InChI is InChI=1S/C16H17FN6OS2/c1-4-23-13(11-7-5-6-8-12(11)17)20-22-16(23)25-9(2)14(24)18-15-21-19-10(3)26-15/h5-9H,4H2,1-3H3,(H,18,21,24). The van der Waals surface area contributed by atoms with Crippen LogP contribution in [0.3, 0.4) is 0 Å².